The lowest BCUT2D eigenvalue weighted by molar-refractivity contribution is -0.146. The number of carbonyl (C=O) groups excluding carboxylic acids is 1. The van der Waals surface area contributed by atoms with Crippen LogP contribution in [-0.2, 0) is 9.53 Å². The molecule has 1 fully saturated rings. The number of hydrogen-bond donors (Lipinski definition) is 1. The molecule has 2 rings (SSSR count). The number of benzene rings is 1. The number of carbonyl (C=O) groups is 1. The summed E-state index contributed by atoms with van der Waals surface area (Å²) in [6.45, 7) is 1.57. The summed E-state index contributed by atoms with van der Waals surface area (Å²) >= 11 is 0. The fourth-order valence-electron chi connectivity index (χ4n) is 2.60. The van der Waals surface area contributed by atoms with Gasteiger partial charge in [-0.05, 0) is 24.6 Å². The van der Waals surface area contributed by atoms with Crippen molar-refractivity contribution in [2.75, 3.05) is 27.3 Å². The Morgan fingerprint density at radius 1 is 1.33 bits per heavy atom. The number of nitrogens with one attached hydrogen (secondary N) is 1. The van der Waals surface area contributed by atoms with Crippen molar-refractivity contribution in [2.24, 2.45) is 5.92 Å². The molecule has 1 aromatic rings. The van der Waals surface area contributed by atoms with Gasteiger partial charge in [0.2, 0.25) is 0 Å². The molecule has 18 heavy (non-hydrogen) atoms. The maximum absolute atomic E-state index is 11.8. The highest BCUT2D eigenvalue weighted by Crippen LogP contribution is 2.36. The van der Waals surface area contributed by atoms with Crippen LogP contribution in [0.5, 0.6) is 5.75 Å². The first kappa shape index (κ1) is 12.9. The van der Waals surface area contributed by atoms with Crippen molar-refractivity contribution in [3.8, 4) is 5.75 Å². The van der Waals surface area contributed by atoms with E-state index in [1.54, 1.807) is 7.11 Å². The van der Waals surface area contributed by atoms with E-state index in [1.165, 1.54) is 7.11 Å². The van der Waals surface area contributed by atoms with Crippen LogP contribution in [0, 0.1) is 5.92 Å². The van der Waals surface area contributed by atoms with E-state index in [2.05, 4.69) is 5.32 Å². The van der Waals surface area contributed by atoms with Crippen molar-refractivity contribution in [1.29, 1.82) is 0 Å². The number of piperidine rings is 1. The third-order valence-corrected chi connectivity index (χ3v) is 3.52. The Bertz CT molecular complexity index is 419. The summed E-state index contributed by atoms with van der Waals surface area (Å²) in [6.07, 6.45) is 0.917. The second-order valence-corrected chi connectivity index (χ2v) is 4.47. The van der Waals surface area contributed by atoms with E-state index in [4.69, 9.17) is 9.47 Å². The largest absolute Gasteiger partial charge is 0.496 e. The summed E-state index contributed by atoms with van der Waals surface area (Å²) in [6, 6.07) is 7.89. The van der Waals surface area contributed by atoms with Gasteiger partial charge < -0.3 is 14.8 Å². The Morgan fingerprint density at radius 3 is 2.83 bits per heavy atom. The molecule has 0 radical (unpaired) electrons. The fraction of sp³-hybridized carbons (Fsp3) is 0.500. The first-order valence-corrected chi connectivity index (χ1v) is 6.19. The SMILES string of the molecule is COC(=O)[C@H]1CNCC[C@H]1c1ccccc1OC. The van der Waals surface area contributed by atoms with Gasteiger partial charge in [-0.1, -0.05) is 18.2 Å². The van der Waals surface area contributed by atoms with Crippen molar-refractivity contribution in [1.82, 2.24) is 5.32 Å². The Labute approximate surface area is 107 Å². The molecule has 4 heteroatoms. The van der Waals surface area contributed by atoms with Crippen LogP contribution in [0.25, 0.3) is 0 Å². The zero-order chi connectivity index (χ0) is 13.0. The van der Waals surface area contributed by atoms with Gasteiger partial charge in [-0.25, -0.2) is 0 Å². The summed E-state index contributed by atoms with van der Waals surface area (Å²) in [5.41, 5.74) is 1.09. The van der Waals surface area contributed by atoms with Crippen LogP contribution in [0.2, 0.25) is 0 Å². The zero-order valence-corrected chi connectivity index (χ0v) is 10.8. The number of rotatable bonds is 3. The molecule has 98 valence electrons. The first-order chi connectivity index (χ1) is 8.77. The second-order valence-electron chi connectivity index (χ2n) is 4.47. The van der Waals surface area contributed by atoms with Crippen LogP contribution < -0.4 is 10.1 Å². The van der Waals surface area contributed by atoms with E-state index in [9.17, 15) is 4.79 Å². The molecule has 1 aliphatic rings. The summed E-state index contributed by atoms with van der Waals surface area (Å²) in [5.74, 6) is 0.714. The Hall–Kier alpha value is -1.55. The fourth-order valence-corrected chi connectivity index (χ4v) is 2.60. The van der Waals surface area contributed by atoms with Gasteiger partial charge in [-0.2, -0.15) is 0 Å². The van der Waals surface area contributed by atoms with Gasteiger partial charge in [-0.15, -0.1) is 0 Å². The molecule has 0 aromatic heterocycles. The molecule has 2 atom stereocenters. The molecule has 1 aliphatic heterocycles. The van der Waals surface area contributed by atoms with E-state index < -0.39 is 0 Å². The van der Waals surface area contributed by atoms with Gasteiger partial charge in [0.25, 0.3) is 0 Å². The van der Waals surface area contributed by atoms with E-state index in [1.807, 2.05) is 24.3 Å². The lowest BCUT2D eigenvalue weighted by Gasteiger charge is -2.31. The normalized spacial score (nSPS) is 23.4. The van der Waals surface area contributed by atoms with Crippen molar-refractivity contribution >= 4 is 5.97 Å². The summed E-state index contributed by atoms with van der Waals surface area (Å²) in [7, 11) is 3.10. The molecule has 0 unspecified atom stereocenters. The van der Waals surface area contributed by atoms with Crippen LogP contribution >= 0.6 is 0 Å². The highest BCUT2D eigenvalue weighted by atomic mass is 16.5. The minimum absolute atomic E-state index is 0.139. The molecule has 1 aromatic carbocycles. The number of methoxy groups -OCH3 is 2. The third kappa shape index (κ3) is 2.48. The van der Waals surface area contributed by atoms with Crippen LogP contribution in [-0.4, -0.2) is 33.3 Å². The molecule has 0 saturated carbocycles. The van der Waals surface area contributed by atoms with Gasteiger partial charge in [0, 0.05) is 12.5 Å². The Morgan fingerprint density at radius 2 is 2.11 bits per heavy atom. The van der Waals surface area contributed by atoms with Crippen molar-refractivity contribution < 1.29 is 14.3 Å². The lowest BCUT2D eigenvalue weighted by atomic mass is 9.81. The Balaban J connectivity index is 2.30. The molecule has 1 N–H and O–H groups in total. The van der Waals surface area contributed by atoms with E-state index in [0.29, 0.717) is 6.54 Å². The predicted molar refractivity (Wildman–Crippen MR) is 68.7 cm³/mol. The van der Waals surface area contributed by atoms with E-state index in [-0.39, 0.29) is 17.8 Å². The quantitative estimate of drug-likeness (QED) is 0.826. The van der Waals surface area contributed by atoms with E-state index >= 15 is 0 Å². The van der Waals surface area contributed by atoms with E-state index in [0.717, 1.165) is 24.3 Å². The first-order valence-electron chi connectivity index (χ1n) is 6.19. The van der Waals surface area contributed by atoms with Gasteiger partial charge in [0.15, 0.2) is 0 Å². The molecule has 4 nitrogen and oxygen atoms in total. The minimum Gasteiger partial charge on any atom is -0.496 e. The monoisotopic (exact) mass is 249 g/mol. The average molecular weight is 249 g/mol. The minimum atomic E-state index is -0.155. The number of esters is 1. The number of ether oxygens (including phenoxy) is 2. The van der Waals surface area contributed by atoms with Gasteiger partial charge in [0.1, 0.15) is 5.75 Å². The topological polar surface area (TPSA) is 47.6 Å². The molecular formula is C14H19NO3. The van der Waals surface area contributed by atoms with Gasteiger partial charge in [-0.3, -0.25) is 4.79 Å². The molecule has 1 saturated heterocycles. The van der Waals surface area contributed by atoms with Gasteiger partial charge in [0.05, 0.1) is 20.1 Å². The molecule has 0 amide bonds. The Kier molecular flexibility index (Phi) is 4.20. The molecular weight excluding hydrogens is 230 g/mol. The number of para-hydroxylation sites is 1. The highest BCUT2D eigenvalue weighted by Gasteiger charge is 2.34. The molecule has 0 bridgehead atoms. The van der Waals surface area contributed by atoms with Crippen LogP contribution in [0.15, 0.2) is 24.3 Å². The maximum atomic E-state index is 11.8. The molecule has 1 heterocycles. The summed E-state index contributed by atoms with van der Waals surface area (Å²) < 4.78 is 10.3. The standard InChI is InChI=1S/C14H19NO3/c1-17-13-6-4-3-5-11(13)10-7-8-15-9-12(10)14(16)18-2/h3-6,10,12,15H,7-9H2,1-2H3/t10-,12-/m0/s1. The average Bonchev–Trinajstić information content (AvgIpc) is 2.46. The maximum Gasteiger partial charge on any atom is 0.310 e. The van der Waals surface area contributed by atoms with Gasteiger partial charge >= 0.3 is 5.97 Å². The van der Waals surface area contributed by atoms with Crippen molar-refractivity contribution in [2.45, 2.75) is 12.3 Å². The van der Waals surface area contributed by atoms with Crippen molar-refractivity contribution in [3.05, 3.63) is 29.8 Å². The smallest absolute Gasteiger partial charge is 0.310 e. The molecule has 0 aliphatic carbocycles. The zero-order valence-electron chi connectivity index (χ0n) is 10.8. The van der Waals surface area contributed by atoms with Crippen LogP contribution in [0.3, 0.4) is 0 Å². The third-order valence-electron chi connectivity index (χ3n) is 3.52. The second kappa shape index (κ2) is 5.87. The molecule has 0 spiro atoms. The number of hydrogen-bond acceptors (Lipinski definition) is 4. The predicted octanol–water partition coefficient (Wildman–Crippen LogP) is 1.56. The van der Waals surface area contributed by atoms with Crippen LogP contribution in [0.4, 0.5) is 0 Å². The highest BCUT2D eigenvalue weighted by molar-refractivity contribution is 5.74. The summed E-state index contributed by atoms with van der Waals surface area (Å²) in [5, 5.41) is 3.25. The lowest BCUT2D eigenvalue weighted by Crippen LogP contribution is -2.40. The van der Waals surface area contributed by atoms with Crippen molar-refractivity contribution in [3.63, 3.8) is 0 Å². The summed E-state index contributed by atoms with van der Waals surface area (Å²) in [4.78, 5) is 11.8. The van der Waals surface area contributed by atoms with Crippen LogP contribution in [0.1, 0.15) is 17.9 Å².